The lowest BCUT2D eigenvalue weighted by molar-refractivity contribution is -0.121. The Kier molecular flexibility index (Phi) is 4.96. The number of hydrogen-bond acceptors (Lipinski definition) is 4. The fourth-order valence-electron chi connectivity index (χ4n) is 2.47. The molecule has 0 spiro atoms. The molecule has 3 rings (SSSR count). The molecule has 1 N–H and O–H groups in total. The van der Waals surface area contributed by atoms with Gasteiger partial charge in [0.15, 0.2) is 0 Å². The van der Waals surface area contributed by atoms with Gasteiger partial charge in [-0.25, -0.2) is 4.98 Å². The molecule has 0 unspecified atom stereocenters. The highest BCUT2D eigenvalue weighted by Gasteiger charge is 2.05. The number of carbonyl (C=O) groups is 1. The van der Waals surface area contributed by atoms with Gasteiger partial charge in [0.2, 0.25) is 5.91 Å². The number of aryl methyl sites for hydroxylation is 1. The third kappa shape index (κ3) is 3.84. The maximum absolute atomic E-state index is 12.3. The summed E-state index contributed by atoms with van der Waals surface area (Å²) < 4.78 is 1.55. The molecule has 1 aromatic carbocycles. The Morgan fingerprint density at radius 1 is 1.17 bits per heavy atom. The fraction of sp³-hybridized carbons (Fsp3) is 0.222. The van der Waals surface area contributed by atoms with Gasteiger partial charge in [-0.05, 0) is 30.2 Å². The second-order valence-electron chi connectivity index (χ2n) is 5.50. The lowest BCUT2D eigenvalue weighted by Crippen LogP contribution is -2.24. The molecular weight excluding hydrogens is 304 g/mol. The van der Waals surface area contributed by atoms with Crippen molar-refractivity contribution in [1.29, 1.82) is 0 Å². The van der Waals surface area contributed by atoms with E-state index in [1.807, 2.05) is 30.3 Å². The van der Waals surface area contributed by atoms with E-state index in [0.717, 1.165) is 5.56 Å². The van der Waals surface area contributed by atoms with Crippen molar-refractivity contribution in [1.82, 2.24) is 19.9 Å². The minimum absolute atomic E-state index is 0.0411. The van der Waals surface area contributed by atoms with Crippen LogP contribution in [0.25, 0.3) is 10.9 Å². The molecule has 2 heterocycles. The van der Waals surface area contributed by atoms with E-state index >= 15 is 0 Å². The summed E-state index contributed by atoms with van der Waals surface area (Å²) in [6, 6.07) is 11.0. The monoisotopic (exact) mass is 322 g/mol. The molecule has 2 aromatic heterocycles. The first-order valence-corrected chi connectivity index (χ1v) is 7.84. The Morgan fingerprint density at radius 3 is 2.88 bits per heavy atom. The number of nitrogens with zero attached hydrogens (tertiary/aromatic N) is 3. The smallest absolute Gasteiger partial charge is 0.261 e. The number of carbonyl (C=O) groups excluding carboxylic acids is 1. The summed E-state index contributed by atoms with van der Waals surface area (Å²) in [5, 5.41) is 3.45. The third-order valence-electron chi connectivity index (χ3n) is 3.75. The number of para-hydroxylation sites is 1. The molecule has 6 nitrogen and oxygen atoms in total. The molecule has 122 valence electrons. The van der Waals surface area contributed by atoms with Gasteiger partial charge in [0, 0.05) is 31.9 Å². The first-order chi connectivity index (χ1) is 11.7. The summed E-state index contributed by atoms with van der Waals surface area (Å²) in [5.74, 6) is -0.0411. The minimum Gasteiger partial charge on any atom is -0.352 e. The van der Waals surface area contributed by atoms with E-state index in [1.54, 1.807) is 23.0 Å². The molecule has 0 fully saturated rings. The summed E-state index contributed by atoms with van der Waals surface area (Å²) in [6.45, 7) is 0.932. The maximum Gasteiger partial charge on any atom is 0.261 e. The molecule has 6 heteroatoms. The number of benzene rings is 1. The van der Waals surface area contributed by atoms with E-state index in [2.05, 4.69) is 15.3 Å². The van der Waals surface area contributed by atoms with Crippen LogP contribution < -0.4 is 10.9 Å². The first kappa shape index (κ1) is 15.9. The van der Waals surface area contributed by atoms with Crippen molar-refractivity contribution in [3.63, 3.8) is 0 Å². The Balaban J connectivity index is 1.52. The van der Waals surface area contributed by atoms with Crippen LogP contribution in [-0.2, 0) is 17.9 Å². The number of fused-ring (bicyclic) bond motifs is 1. The highest BCUT2D eigenvalue weighted by Crippen LogP contribution is 2.05. The SMILES string of the molecule is O=C(CCCn1cnc2ccccc2c1=O)NCc1cccnc1. The second-order valence-corrected chi connectivity index (χ2v) is 5.50. The van der Waals surface area contributed by atoms with Crippen molar-refractivity contribution in [3.05, 3.63) is 71.0 Å². The van der Waals surface area contributed by atoms with Crippen molar-refractivity contribution in [2.75, 3.05) is 0 Å². The molecule has 0 bridgehead atoms. The van der Waals surface area contributed by atoms with Gasteiger partial charge in [-0.3, -0.25) is 19.1 Å². The zero-order valence-electron chi connectivity index (χ0n) is 13.2. The highest BCUT2D eigenvalue weighted by atomic mass is 16.1. The van der Waals surface area contributed by atoms with E-state index in [9.17, 15) is 9.59 Å². The van der Waals surface area contributed by atoms with Crippen LogP contribution in [0.15, 0.2) is 59.9 Å². The van der Waals surface area contributed by atoms with Crippen LogP contribution in [-0.4, -0.2) is 20.4 Å². The molecule has 0 aliphatic carbocycles. The number of nitrogens with one attached hydrogen (secondary N) is 1. The average molecular weight is 322 g/mol. The number of pyridine rings is 1. The Bertz CT molecular complexity index is 890. The van der Waals surface area contributed by atoms with Crippen LogP contribution in [0.1, 0.15) is 18.4 Å². The normalized spacial score (nSPS) is 10.7. The molecule has 0 atom stereocenters. The standard InChI is InChI=1S/C18H18N4O2/c23-17(20-12-14-5-3-9-19-11-14)8-4-10-22-13-21-16-7-2-1-6-15(16)18(22)24/h1-3,5-7,9,11,13H,4,8,10,12H2,(H,20,23). The molecule has 1 amide bonds. The predicted octanol–water partition coefficient (Wildman–Crippen LogP) is 1.89. The lowest BCUT2D eigenvalue weighted by Gasteiger charge is -2.07. The summed E-state index contributed by atoms with van der Waals surface area (Å²) in [4.78, 5) is 32.5. The lowest BCUT2D eigenvalue weighted by atomic mass is 10.2. The van der Waals surface area contributed by atoms with Gasteiger partial charge in [-0.2, -0.15) is 0 Å². The molecule has 0 saturated carbocycles. The molecule has 0 aliphatic rings. The van der Waals surface area contributed by atoms with Crippen LogP contribution in [0.3, 0.4) is 0 Å². The van der Waals surface area contributed by atoms with Gasteiger partial charge in [-0.15, -0.1) is 0 Å². The minimum atomic E-state index is -0.0728. The molecule has 0 saturated heterocycles. The van der Waals surface area contributed by atoms with Crippen LogP contribution in [0.2, 0.25) is 0 Å². The number of rotatable bonds is 6. The number of aromatic nitrogens is 3. The van der Waals surface area contributed by atoms with Crippen LogP contribution >= 0.6 is 0 Å². The van der Waals surface area contributed by atoms with Crippen molar-refractivity contribution < 1.29 is 4.79 Å². The van der Waals surface area contributed by atoms with E-state index in [0.29, 0.717) is 36.8 Å². The van der Waals surface area contributed by atoms with Crippen LogP contribution in [0.4, 0.5) is 0 Å². The summed E-state index contributed by atoms with van der Waals surface area (Å²) >= 11 is 0. The number of hydrogen-bond donors (Lipinski definition) is 1. The van der Waals surface area contributed by atoms with Crippen molar-refractivity contribution in [2.24, 2.45) is 0 Å². The molecule has 0 aliphatic heterocycles. The predicted molar refractivity (Wildman–Crippen MR) is 91.3 cm³/mol. The molecule has 3 aromatic rings. The van der Waals surface area contributed by atoms with Crippen molar-refractivity contribution in [3.8, 4) is 0 Å². The number of amides is 1. The Hall–Kier alpha value is -3.02. The first-order valence-electron chi connectivity index (χ1n) is 7.84. The summed E-state index contributed by atoms with van der Waals surface area (Å²) in [7, 11) is 0. The van der Waals surface area contributed by atoms with E-state index in [-0.39, 0.29) is 11.5 Å². The maximum atomic E-state index is 12.3. The van der Waals surface area contributed by atoms with Gasteiger partial charge >= 0.3 is 0 Å². The van der Waals surface area contributed by atoms with Crippen LogP contribution in [0, 0.1) is 0 Å². The van der Waals surface area contributed by atoms with Gasteiger partial charge in [0.05, 0.1) is 17.2 Å². The van der Waals surface area contributed by atoms with Gasteiger partial charge < -0.3 is 5.32 Å². The summed E-state index contributed by atoms with van der Waals surface area (Å²) in [5.41, 5.74) is 1.57. The van der Waals surface area contributed by atoms with E-state index in [1.165, 1.54) is 6.33 Å². The van der Waals surface area contributed by atoms with Gasteiger partial charge in [0.25, 0.3) is 5.56 Å². The van der Waals surface area contributed by atoms with Crippen LogP contribution in [0.5, 0.6) is 0 Å². The largest absolute Gasteiger partial charge is 0.352 e. The van der Waals surface area contributed by atoms with Crippen molar-refractivity contribution >= 4 is 16.8 Å². The fourth-order valence-corrected chi connectivity index (χ4v) is 2.47. The van der Waals surface area contributed by atoms with Crippen molar-refractivity contribution in [2.45, 2.75) is 25.9 Å². The zero-order chi connectivity index (χ0) is 16.8. The molecule has 24 heavy (non-hydrogen) atoms. The van der Waals surface area contributed by atoms with Gasteiger partial charge in [-0.1, -0.05) is 18.2 Å². The molecular formula is C18H18N4O2. The van der Waals surface area contributed by atoms with Gasteiger partial charge in [0.1, 0.15) is 0 Å². The quantitative estimate of drug-likeness (QED) is 0.752. The average Bonchev–Trinajstić information content (AvgIpc) is 2.63. The zero-order valence-corrected chi connectivity index (χ0v) is 13.2. The highest BCUT2D eigenvalue weighted by molar-refractivity contribution is 5.77. The third-order valence-corrected chi connectivity index (χ3v) is 3.75. The van der Waals surface area contributed by atoms with E-state index in [4.69, 9.17) is 0 Å². The van der Waals surface area contributed by atoms with E-state index < -0.39 is 0 Å². The second kappa shape index (κ2) is 7.50. The summed E-state index contributed by atoms with van der Waals surface area (Å²) in [6.07, 6.45) is 5.90. The molecule has 0 radical (unpaired) electrons. The Labute approximate surface area is 139 Å². The topological polar surface area (TPSA) is 76.9 Å². The Morgan fingerprint density at radius 2 is 2.04 bits per heavy atom.